The Balaban J connectivity index is 2.74. The number of ether oxygens (including phenoxy) is 1. The van der Waals surface area contributed by atoms with E-state index in [0.717, 1.165) is 13.2 Å². The molecule has 0 aromatic rings. The van der Waals surface area contributed by atoms with E-state index in [9.17, 15) is 13.2 Å². The third-order valence-corrected chi connectivity index (χ3v) is 1.80. The van der Waals surface area contributed by atoms with E-state index in [-0.39, 0.29) is 0 Å². The summed E-state index contributed by atoms with van der Waals surface area (Å²) >= 11 is 0. The van der Waals surface area contributed by atoms with Crippen molar-refractivity contribution in [3.63, 3.8) is 0 Å². The van der Waals surface area contributed by atoms with E-state index >= 15 is 0 Å². The van der Waals surface area contributed by atoms with Gasteiger partial charge in [0, 0.05) is 26.6 Å². The normalized spacial score (nSPS) is 21.5. The molecule has 1 N–H and O–H groups in total. The summed E-state index contributed by atoms with van der Waals surface area (Å²) in [6.07, 6.45) is -2.11. The quantitative estimate of drug-likeness (QED) is 0.742. The van der Waals surface area contributed by atoms with Crippen LogP contribution < -0.4 is 5.32 Å². The lowest BCUT2D eigenvalue weighted by atomic mass is 10.3. The van der Waals surface area contributed by atoms with Crippen LogP contribution in [0.5, 0.6) is 0 Å². The van der Waals surface area contributed by atoms with E-state index in [4.69, 9.17) is 0 Å². The van der Waals surface area contributed by atoms with Crippen LogP contribution in [0.1, 0.15) is 0 Å². The lowest BCUT2D eigenvalue weighted by Crippen LogP contribution is -2.31. The van der Waals surface area contributed by atoms with Gasteiger partial charge in [-0.25, -0.2) is 0 Å². The maximum Gasteiger partial charge on any atom is 0.418 e. The first-order valence-electron chi connectivity index (χ1n) is 3.92. The number of methoxy groups -OCH3 is 1. The van der Waals surface area contributed by atoms with Crippen LogP contribution in [0.15, 0.2) is 24.3 Å². The van der Waals surface area contributed by atoms with Gasteiger partial charge in [-0.1, -0.05) is 0 Å². The minimum atomic E-state index is -4.38. The van der Waals surface area contributed by atoms with Crippen molar-refractivity contribution in [3.05, 3.63) is 24.3 Å². The van der Waals surface area contributed by atoms with Crippen LogP contribution in [0.25, 0.3) is 0 Å². The molecule has 3 nitrogen and oxygen atoms in total. The van der Waals surface area contributed by atoms with Crippen LogP contribution in [0.2, 0.25) is 0 Å². The van der Waals surface area contributed by atoms with Crippen LogP contribution in [0, 0.1) is 0 Å². The smallest absolute Gasteiger partial charge is 0.368 e. The molecule has 0 saturated carbocycles. The highest BCUT2D eigenvalue weighted by molar-refractivity contribution is 5.14. The fourth-order valence-corrected chi connectivity index (χ4v) is 1.02. The first-order valence-corrected chi connectivity index (χ1v) is 3.92. The summed E-state index contributed by atoms with van der Waals surface area (Å²) in [5.41, 5.74) is 0. The van der Waals surface area contributed by atoms with Gasteiger partial charge in [0.1, 0.15) is 5.82 Å². The summed E-state index contributed by atoms with van der Waals surface area (Å²) in [7, 11) is 2.67. The molecule has 0 aromatic heterocycles. The molecule has 0 spiro atoms. The van der Waals surface area contributed by atoms with Gasteiger partial charge in [-0.05, 0) is 6.08 Å². The molecule has 14 heavy (non-hydrogen) atoms. The van der Waals surface area contributed by atoms with E-state index in [1.54, 1.807) is 19.4 Å². The Hall–Kier alpha value is -1.17. The molecular formula is C8H11F3N2O. The zero-order valence-corrected chi connectivity index (χ0v) is 7.80. The molecule has 1 aliphatic rings. The molecule has 0 aromatic carbocycles. The summed E-state index contributed by atoms with van der Waals surface area (Å²) in [5.74, 6) is 0.356. The minimum absolute atomic E-state index is 0.356. The molecule has 1 unspecified atom stereocenters. The van der Waals surface area contributed by atoms with Crippen molar-refractivity contribution in [2.45, 2.75) is 12.3 Å². The van der Waals surface area contributed by atoms with Gasteiger partial charge in [-0.3, -0.25) is 0 Å². The predicted octanol–water partition coefficient (Wildman–Crippen LogP) is 1.41. The van der Waals surface area contributed by atoms with Gasteiger partial charge < -0.3 is 15.0 Å². The Morgan fingerprint density at radius 1 is 1.57 bits per heavy atom. The van der Waals surface area contributed by atoms with Gasteiger partial charge in [0.25, 0.3) is 0 Å². The number of halogens is 3. The maximum atomic E-state index is 12.3. The fourth-order valence-electron chi connectivity index (χ4n) is 1.02. The van der Waals surface area contributed by atoms with E-state index in [2.05, 4.69) is 10.1 Å². The lowest BCUT2D eigenvalue weighted by molar-refractivity contribution is -0.196. The molecule has 0 amide bonds. The van der Waals surface area contributed by atoms with Crippen molar-refractivity contribution in [1.29, 1.82) is 0 Å². The second-order valence-corrected chi connectivity index (χ2v) is 2.82. The summed E-state index contributed by atoms with van der Waals surface area (Å²) in [5, 5.41) is 2.67. The van der Waals surface area contributed by atoms with E-state index in [1.165, 1.54) is 4.90 Å². The van der Waals surface area contributed by atoms with Gasteiger partial charge in [-0.2, -0.15) is 13.2 Å². The van der Waals surface area contributed by atoms with Gasteiger partial charge in [-0.15, -0.1) is 0 Å². The van der Waals surface area contributed by atoms with E-state index in [0.29, 0.717) is 5.82 Å². The topological polar surface area (TPSA) is 24.5 Å². The zero-order chi connectivity index (χ0) is 10.8. The van der Waals surface area contributed by atoms with Crippen LogP contribution in [-0.2, 0) is 4.74 Å². The Bertz CT molecular complexity index is 260. The second-order valence-electron chi connectivity index (χ2n) is 2.82. The van der Waals surface area contributed by atoms with Gasteiger partial charge in [0.15, 0.2) is 6.10 Å². The number of hydrogen-bond donors (Lipinski definition) is 1. The molecule has 1 rings (SSSR count). The number of nitrogens with zero attached hydrogens (tertiary/aromatic N) is 1. The second kappa shape index (κ2) is 3.91. The van der Waals surface area contributed by atoms with Gasteiger partial charge in [0.2, 0.25) is 0 Å². The third kappa shape index (κ3) is 2.41. The molecule has 80 valence electrons. The largest absolute Gasteiger partial charge is 0.418 e. The predicted molar refractivity (Wildman–Crippen MR) is 45.0 cm³/mol. The highest BCUT2D eigenvalue weighted by atomic mass is 19.4. The van der Waals surface area contributed by atoms with Crippen LogP contribution in [-0.4, -0.2) is 31.3 Å². The number of nitrogens with one attached hydrogen (secondary N) is 1. The average Bonchev–Trinajstić information content (AvgIpc) is 2.45. The van der Waals surface area contributed by atoms with Crippen molar-refractivity contribution >= 4 is 0 Å². The number of hydrogen-bond acceptors (Lipinski definition) is 3. The standard InChI is InChI=1S/C8H11F3N2O/c1-13-4-3-12-7(13)5-6(14-2)8(9,10)11/h3-6,12H,1-2H3/b7-5+. The van der Waals surface area contributed by atoms with Gasteiger partial charge in [0.05, 0.1) is 0 Å². The Morgan fingerprint density at radius 3 is 2.57 bits per heavy atom. The monoisotopic (exact) mass is 208 g/mol. The summed E-state index contributed by atoms with van der Waals surface area (Å²) in [4.78, 5) is 1.54. The average molecular weight is 208 g/mol. The third-order valence-electron chi connectivity index (χ3n) is 1.80. The molecule has 0 fully saturated rings. The fraction of sp³-hybridized carbons (Fsp3) is 0.500. The van der Waals surface area contributed by atoms with Crippen molar-refractivity contribution in [1.82, 2.24) is 10.2 Å². The highest BCUT2D eigenvalue weighted by Crippen LogP contribution is 2.24. The summed E-state index contributed by atoms with van der Waals surface area (Å²) in [6.45, 7) is 0. The Labute approximate surface area is 79.8 Å². The van der Waals surface area contributed by atoms with E-state index in [1.807, 2.05) is 0 Å². The highest BCUT2D eigenvalue weighted by Gasteiger charge is 2.39. The van der Waals surface area contributed by atoms with Crippen LogP contribution >= 0.6 is 0 Å². The first-order chi connectivity index (χ1) is 6.45. The van der Waals surface area contributed by atoms with E-state index < -0.39 is 12.3 Å². The SMILES string of the molecule is COC(/C=C1\NC=CN1C)C(F)(F)F. The molecule has 1 atom stereocenters. The van der Waals surface area contributed by atoms with Gasteiger partial charge >= 0.3 is 6.18 Å². The molecule has 0 radical (unpaired) electrons. The van der Waals surface area contributed by atoms with Crippen LogP contribution in [0.3, 0.4) is 0 Å². The zero-order valence-electron chi connectivity index (χ0n) is 7.80. The number of alkyl halides is 3. The van der Waals surface area contributed by atoms with Crippen LogP contribution in [0.4, 0.5) is 13.2 Å². The molecule has 1 aliphatic heterocycles. The molecule has 0 aliphatic carbocycles. The van der Waals surface area contributed by atoms with Crippen molar-refractivity contribution in [2.24, 2.45) is 0 Å². The lowest BCUT2D eigenvalue weighted by Gasteiger charge is -2.18. The molecule has 6 heteroatoms. The molecular weight excluding hydrogens is 197 g/mol. The number of rotatable bonds is 2. The summed E-state index contributed by atoms with van der Waals surface area (Å²) in [6, 6.07) is 0. The van der Waals surface area contributed by atoms with Crippen molar-refractivity contribution in [2.75, 3.05) is 14.2 Å². The minimum Gasteiger partial charge on any atom is -0.368 e. The maximum absolute atomic E-state index is 12.3. The molecule has 1 heterocycles. The molecule has 0 saturated heterocycles. The van der Waals surface area contributed by atoms with Crippen molar-refractivity contribution in [3.8, 4) is 0 Å². The molecule has 0 bridgehead atoms. The van der Waals surface area contributed by atoms with Crippen molar-refractivity contribution < 1.29 is 17.9 Å². The summed E-state index contributed by atoms with van der Waals surface area (Å²) < 4.78 is 41.1. The Kier molecular flexibility index (Phi) is 3.05. The Morgan fingerprint density at radius 2 is 2.21 bits per heavy atom. The first kappa shape index (κ1) is 10.9.